The number of methoxy groups -OCH3 is 2. The minimum Gasteiger partial charge on any atom is -0.493 e. The second-order valence-corrected chi connectivity index (χ2v) is 10.3. The van der Waals surface area contributed by atoms with Crippen LogP contribution < -0.4 is 20.3 Å². The Balaban J connectivity index is 1.47. The van der Waals surface area contributed by atoms with Gasteiger partial charge >= 0.3 is 0 Å². The second-order valence-electron chi connectivity index (χ2n) is 7.85. The zero-order valence-electron chi connectivity index (χ0n) is 20.2. The van der Waals surface area contributed by atoms with Crippen molar-refractivity contribution in [3.8, 4) is 17.2 Å². The number of amides is 1. The van der Waals surface area contributed by atoms with Crippen molar-refractivity contribution >= 4 is 56.6 Å². The van der Waals surface area contributed by atoms with E-state index in [-0.39, 0.29) is 11.5 Å². The molecule has 0 atom stereocenters. The molecule has 5 aromatic rings. The molecule has 1 N–H and O–H groups in total. The third-order valence-corrected chi connectivity index (χ3v) is 7.70. The number of carbonyl (C=O) groups is 1. The monoisotopic (exact) mass is 565 g/mol. The average molecular weight is 566 g/mol. The Morgan fingerprint density at radius 1 is 1.03 bits per heavy atom. The molecule has 9 nitrogen and oxygen atoms in total. The van der Waals surface area contributed by atoms with E-state index < -0.39 is 0 Å². The zero-order chi connectivity index (χ0) is 26.6. The van der Waals surface area contributed by atoms with Crippen molar-refractivity contribution in [3.63, 3.8) is 0 Å². The van der Waals surface area contributed by atoms with Gasteiger partial charge in [0.25, 0.3) is 11.5 Å². The fraction of sp³-hybridized carbons (Fsp3) is 0.115. The summed E-state index contributed by atoms with van der Waals surface area (Å²) in [5, 5.41) is 13.5. The van der Waals surface area contributed by atoms with Gasteiger partial charge in [-0.2, -0.15) is 0 Å². The number of fused-ring (bicyclic) bond motifs is 1. The van der Waals surface area contributed by atoms with Crippen LogP contribution in [0, 0.1) is 0 Å². The molecule has 5 rings (SSSR count). The maximum Gasteiger partial charge on any atom is 0.266 e. The third kappa shape index (κ3) is 5.35. The molecule has 3 aromatic carbocycles. The summed E-state index contributed by atoms with van der Waals surface area (Å²) < 4.78 is 12.3. The summed E-state index contributed by atoms with van der Waals surface area (Å²) >= 11 is 8.66. The normalized spacial score (nSPS) is 10.9. The number of nitrogens with zero attached hydrogens (tertiary/aromatic N) is 4. The molecule has 0 aliphatic carbocycles. The number of thioether (sulfide) groups is 1. The molecule has 0 saturated heterocycles. The van der Waals surface area contributed by atoms with Crippen LogP contribution in [-0.2, 0) is 5.75 Å². The summed E-state index contributed by atoms with van der Waals surface area (Å²) in [4.78, 5) is 30.9. The maximum absolute atomic E-state index is 13.7. The first-order chi connectivity index (χ1) is 18.5. The third-order valence-electron chi connectivity index (χ3n) is 5.48. The summed E-state index contributed by atoms with van der Waals surface area (Å²) in [5.41, 5.74) is 1.33. The van der Waals surface area contributed by atoms with E-state index in [1.54, 1.807) is 60.7 Å². The van der Waals surface area contributed by atoms with Gasteiger partial charge in [0.2, 0.25) is 5.13 Å². The number of halogens is 1. The van der Waals surface area contributed by atoms with Gasteiger partial charge in [0.05, 0.1) is 36.6 Å². The topological polar surface area (TPSA) is 108 Å². The van der Waals surface area contributed by atoms with Crippen LogP contribution in [0.15, 0.2) is 76.7 Å². The van der Waals surface area contributed by atoms with Gasteiger partial charge in [0, 0.05) is 16.7 Å². The first kappa shape index (κ1) is 25.7. The number of benzene rings is 3. The Kier molecular flexibility index (Phi) is 7.59. The number of anilines is 1. The molecular formula is C26H20ClN5O4S2. The number of rotatable bonds is 8. The van der Waals surface area contributed by atoms with Crippen molar-refractivity contribution < 1.29 is 14.3 Å². The molecule has 0 radical (unpaired) electrons. The minimum atomic E-state index is -0.270. The van der Waals surface area contributed by atoms with Crippen LogP contribution in [0.5, 0.6) is 11.5 Å². The van der Waals surface area contributed by atoms with Crippen molar-refractivity contribution in [2.75, 3.05) is 19.5 Å². The molecule has 12 heteroatoms. The molecule has 2 aromatic heterocycles. The lowest BCUT2D eigenvalue weighted by Gasteiger charge is -2.14. The highest BCUT2D eigenvalue weighted by atomic mass is 35.5. The van der Waals surface area contributed by atoms with E-state index in [4.69, 9.17) is 26.1 Å². The predicted octanol–water partition coefficient (Wildman–Crippen LogP) is 5.45. The van der Waals surface area contributed by atoms with Crippen LogP contribution in [0.25, 0.3) is 16.6 Å². The molecule has 0 spiro atoms. The number of hydrogen-bond acceptors (Lipinski definition) is 9. The van der Waals surface area contributed by atoms with Crippen molar-refractivity contribution in [1.82, 2.24) is 19.7 Å². The molecule has 2 heterocycles. The van der Waals surface area contributed by atoms with E-state index in [9.17, 15) is 9.59 Å². The van der Waals surface area contributed by atoms with Gasteiger partial charge < -0.3 is 9.47 Å². The summed E-state index contributed by atoms with van der Waals surface area (Å²) in [6, 6.07) is 19.1. The number of hydrogen-bond donors (Lipinski definition) is 1. The Labute approximate surface area is 230 Å². The van der Waals surface area contributed by atoms with E-state index in [1.807, 2.05) is 6.07 Å². The fourth-order valence-electron chi connectivity index (χ4n) is 3.65. The molecule has 0 aliphatic rings. The lowest BCUT2D eigenvalue weighted by molar-refractivity contribution is 0.102. The summed E-state index contributed by atoms with van der Waals surface area (Å²) in [7, 11) is 3.04. The van der Waals surface area contributed by atoms with Gasteiger partial charge in [0.1, 0.15) is 5.01 Å². The summed E-state index contributed by atoms with van der Waals surface area (Å²) in [6.45, 7) is 0. The van der Waals surface area contributed by atoms with Crippen LogP contribution in [0.4, 0.5) is 5.13 Å². The van der Waals surface area contributed by atoms with Crippen molar-refractivity contribution in [1.29, 1.82) is 0 Å². The molecule has 0 bridgehead atoms. The first-order valence-electron chi connectivity index (χ1n) is 11.2. The fourth-order valence-corrected chi connectivity index (χ4v) is 5.51. The van der Waals surface area contributed by atoms with Crippen molar-refractivity contribution in [3.05, 3.63) is 92.7 Å². The standard InChI is InChI=1S/C26H20ClN5O4S2/c1-35-20-12-18-19(13-21(20)36-2)28-26(32(24(18)34)17-10-8-16(27)9-11-17)37-14-22-30-31-25(38-22)29-23(33)15-6-4-3-5-7-15/h3-13H,14H2,1-2H3,(H,29,31,33). The van der Waals surface area contributed by atoms with E-state index in [2.05, 4.69) is 15.5 Å². The van der Waals surface area contributed by atoms with Crippen molar-refractivity contribution in [2.45, 2.75) is 10.9 Å². The molecule has 0 saturated carbocycles. The van der Waals surface area contributed by atoms with Gasteiger partial charge in [-0.1, -0.05) is 52.9 Å². The van der Waals surface area contributed by atoms with Gasteiger partial charge in [0.15, 0.2) is 16.7 Å². The van der Waals surface area contributed by atoms with E-state index in [1.165, 1.54) is 41.9 Å². The molecular weight excluding hydrogens is 546 g/mol. The van der Waals surface area contributed by atoms with Crippen LogP contribution in [0.1, 0.15) is 15.4 Å². The average Bonchev–Trinajstić information content (AvgIpc) is 3.39. The zero-order valence-corrected chi connectivity index (χ0v) is 22.6. The summed E-state index contributed by atoms with van der Waals surface area (Å²) in [5.74, 6) is 1.01. The quantitative estimate of drug-likeness (QED) is 0.195. The van der Waals surface area contributed by atoms with E-state index in [0.717, 1.165) is 0 Å². The Hall–Kier alpha value is -3.93. The molecule has 192 valence electrons. The Bertz CT molecular complexity index is 1670. The number of nitrogens with one attached hydrogen (secondary N) is 1. The highest BCUT2D eigenvalue weighted by molar-refractivity contribution is 7.98. The van der Waals surface area contributed by atoms with E-state index in [0.29, 0.717) is 59.7 Å². The van der Waals surface area contributed by atoms with Gasteiger partial charge in [-0.15, -0.1) is 10.2 Å². The number of aromatic nitrogens is 4. The Morgan fingerprint density at radius 2 is 1.74 bits per heavy atom. The summed E-state index contributed by atoms with van der Waals surface area (Å²) in [6.07, 6.45) is 0. The largest absolute Gasteiger partial charge is 0.493 e. The maximum atomic E-state index is 13.7. The smallest absolute Gasteiger partial charge is 0.266 e. The lowest BCUT2D eigenvalue weighted by atomic mass is 10.2. The van der Waals surface area contributed by atoms with Gasteiger partial charge in [-0.05, 0) is 42.5 Å². The minimum absolute atomic E-state index is 0.266. The molecule has 1 amide bonds. The number of carbonyl (C=O) groups excluding carboxylic acids is 1. The molecule has 0 fully saturated rings. The highest BCUT2D eigenvalue weighted by Crippen LogP contribution is 2.33. The van der Waals surface area contributed by atoms with E-state index >= 15 is 0 Å². The SMILES string of the molecule is COc1cc2nc(SCc3nnc(NC(=O)c4ccccc4)s3)n(-c3ccc(Cl)cc3)c(=O)c2cc1OC. The first-order valence-corrected chi connectivity index (χ1v) is 13.4. The molecule has 38 heavy (non-hydrogen) atoms. The van der Waals surface area contributed by atoms with Crippen LogP contribution in [0.3, 0.4) is 0 Å². The lowest BCUT2D eigenvalue weighted by Crippen LogP contribution is -2.22. The van der Waals surface area contributed by atoms with Gasteiger partial charge in [-0.25, -0.2) is 4.98 Å². The Morgan fingerprint density at radius 3 is 2.45 bits per heavy atom. The van der Waals surface area contributed by atoms with Crippen molar-refractivity contribution in [2.24, 2.45) is 0 Å². The predicted molar refractivity (Wildman–Crippen MR) is 149 cm³/mol. The second kappa shape index (κ2) is 11.2. The number of ether oxygens (including phenoxy) is 2. The van der Waals surface area contributed by atoms with Crippen LogP contribution in [0.2, 0.25) is 5.02 Å². The highest BCUT2D eigenvalue weighted by Gasteiger charge is 2.18. The van der Waals surface area contributed by atoms with Crippen LogP contribution in [-0.4, -0.2) is 39.9 Å². The van der Waals surface area contributed by atoms with Crippen LogP contribution >= 0.6 is 34.7 Å². The molecule has 0 unspecified atom stereocenters. The molecule has 0 aliphatic heterocycles. The van der Waals surface area contributed by atoms with Gasteiger partial charge in [-0.3, -0.25) is 19.5 Å².